The van der Waals surface area contributed by atoms with Crippen molar-refractivity contribution in [2.45, 2.75) is 24.8 Å². The van der Waals surface area contributed by atoms with Crippen molar-refractivity contribution < 1.29 is 18.0 Å². The summed E-state index contributed by atoms with van der Waals surface area (Å²) >= 11 is 11.4. The number of sulfonamides is 1. The summed E-state index contributed by atoms with van der Waals surface area (Å²) in [5.41, 5.74) is 1.78. The van der Waals surface area contributed by atoms with Gasteiger partial charge in [-0.3, -0.25) is 15.0 Å². The summed E-state index contributed by atoms with van der Waals surface area (Å²) in [4.78, 5) is 24.2. The molecule has 1 aromatic rings. The van der Waals surface area contributed by atoms with Gasteiger partial charge in [0, 0.05) is 11.1 Å². The Balaban J connectivity index is 2.80. The summed E-state index contributed by atoms with van der Waals surface area (Å²) < 4.78 is 23.9. The smallest absolute Gasteiger partial charge is 0.324 e. The average Bonchev–Trinajstić information content (AvgIpc) is 2.38. The largest absolute Gasteiger partial charge is 0.346 e. The highest BCUT2D eigenvalue weighted by Gasteiger charge is 2.21. The van der Waals surface area contributed by atoms with E-state index in [1.807, 2.05) is 0 Å². The molecular formula is C11H13Cl2N3O4S. The molecule has 0 radical (unpaired) electrons. The molecule has 0 aliphatic carbocycles. The average molecular weight is 354 g/mol. The number of hydrogen-bond donors (Lipinski definition) is 3. The van der Waals surface area contributed by atoms with Crippen molar-refractivity contribution in [2.24, 2.45) is 0 Å². The molecule has 1 rings (SSSR count). The molecule has 0 saturated heterocycles. The fourth-order valence-electron chi connectivity index (χ4n) is 1.24. The molecule has 0 unspecified atom stereocenters. The molecule has 0 bridgehead atoms. The second-order valence-electron chi connectivity index (χ2n) is 4.26. The molecule has 10 heteroatoms. The lowest BCUT2D eigenvalue weighted by Gasteiger charge is -2.11. The third kappa shape index (κ3) is 5.16. The lowest BCUT2D eigenvalue weighted by atomic mass is 10.4. The lowest BCUT2D eigenvalue weighted by Crippen LogP contribution is -2.49. The number of halogens is 2. The zero-order valence-corrected chi connectivity index (χ0v) is 13.4. The number of rotatable bonds is 4. The van der Waals surface area contributed by atoms with Gasteiger partial charge >= 0.3 is 11.8 Å². The minimum atomic E-state index is -4.15. The summed E-state index contributed by atoms with van der Waals surface area (Å²) in [7, 11) is -4.15. The summed E-state index contributed by atoms with van der Waals surface area (Å²) in [5.74, 6) is -2.12. The van der Waals surface area contributed by atoms with Crippen LogP contribution in [0.5, 0.6) is 0 Å². The maximum Gasteiger partial charge on any atom is 0.324 e. The summed E-state index contributed by atoms with van der Waals surface area (Å²) in [6, 6.07) is 3.57. The van der Waals surface area contributed by atoms with Crippen molar-refractivity contribution in [3.8, 4) is 0 Å². The Morgan fingerprint density at radius 2 is 1.76 bits per heavy atom. The van der Waals surface area contributed by atoms with E-state index >= 15 is 0 Å². The number of hydrogen-bond acceptors (Lipinski definition) is 4. The Labute approximate surface area is 132 Å². The predicted molar refractivity (Wildman–Crippen MR) is 78.2 cm³/mol. The van der Waals surface area contributed by atoms with Crippen molar-refractivity contribution in [1.29, 1.82) is 0 Å². The van der Waals surface area contributed by atoms with Gasteiger partial charge in [0.25, 0.3) is 10.0 Å². The van der Waals surface area contributed by atoms with E-state index < -0.39 is 21.8 Å². The van der Waals surface area contributed by atoms with Gasteiger partial charge in [-0.2, -0.15) is 0 Å². The number of carbonyl (C=O) groups is 2. The van der Waals surface area contributed by atoms with Gasteiger partial charge in [-0.05, 0) is 32.0 Å². The van der Waals surface area contributed by atoms with Crippen molar-refractivity contribution in [1.82, 2.24) is 15.6 Å². The lowest BCUT2D eigenvalue weighted by molar-refractivity contribution is -0.139. The number of hydrazine groups is 1. The van der Waals surface area contributed by atoms with Crippen LogP contribution in [0.4, 0.5) is 0 Å². The van der Waals surface area contributed by atoms with Crippen molar-refractivity contribution in [2.75, 3.05) is 0 Å². The molecule has 0 aromatic heterocycles. The van der Waals surface area contributed by atoms with Gasteiger partial charge in [0.15, 0.2) is 0 Å². The van der Waals surface area contributed by atoms with Crippen LogP contribution in [0.25, 0.3) is 0 Å². The molecule has 116 valence electrons. The van der Waals surface area contributed by atoms with Crippen LogP contribution in [0.1, 0.15) is 13.8 Å². The number of benzene rings is 1. The monoisotopic (exact) mass is 353 g/mol. The maximum atomic E-state index is 12.0. The third-order valence-corrected chi connectivity index (χ3v) is 4.07. The van der Waals surface area contributed by atoms with Gasteiger partial charge in [0.1, 0.15) is 4.90 Å². The SMILES string of the molecule is CC(C)NC(=O)C(=O)NNS(=O)(=O)c1cc(Cl)ccc1Cl. The van der Waals surface area contributed by atoms with Crippen molar-refractivity contribution in [3.63, 3.8) is 0 Å². The van der Waals surface area contributed by atoms with Gasteiger partial charge in [-0.1, -0.05) is 23.2 Å². The van der Waals surface area contributed by atoms with Crippen molar-refractivity contribution in [3.05, 3.63) is 28.2 Å². The molecule has 3 N–H and O–H groups in total. The van der Waals surface area contributed by atoms with Crippen molar-refractivity contribution >= 4 is 45.0 Å². The first-order chi connectivity index (χ1) is 9.63. The van der Waals surface area contributed by atoms with Crippen LogP contribution in [0, 0.1) is 0 Å². The van der Waals surface area contributed by atoms with Gasteiger partial charge in [0.2, 0.25) is 0 Å². The topological polar surface area (TPSA) is 104 Å². The molecule has 1 aromatic carbocycles. The highest BCUT2D eigenvalue weighted by Crippen LogP contribution is 2.24. The van der Waals surface area contributed by atoms with E-state index in [0.29, 0.717) is 0 Å². The Bertz CT molecular complexity index is 661. The first kappa shape index (κ1) is 17.7. The summed E-state index contributed by atoms with van der Waals surface area (Å²) in [6.45, 7) is 3.31. The number of carbonyl (C=O) groups excluding carboxylic acids is 2. The van der Waals surface area contributed by atoms with Crippen LogP contribution < -0.4 is 15.6 Å². The molecule has 0 atom stereocenters. The summed E-state index contributed by atoms with van der Waals surface area (Å²) in [6.07, 6.45) is 0. The van der Waals surface area contributed by atoms with Crippen LogP contribution >= 0.6 is 23.2 Å². The second-order valence-corrected chi connectivity index (χ2v) is 6.76. The van der Waals surface area contributed by atoms with Crippen LogP contribution in [-0.4, -0.2) is 26.3 Å². The molecule has 0 fully saturated rings. The highest BCUT2D eigenvalue weighted by molar-refractivity contribution is 7.89. The molecular weight excluding hydrogens is 341 g/mol. The Hall–Kier alpha value is -1.35. The Morgan fingerprint density at radius 1 is 1.14 bits per heavy atom. The fraction of sp³-hybridized carbons (Fsp3) is 0.273. The molecule has 7 nitrogen and oxygen atoms in total. The molecule has 2 amide bonds. The van der Waals surface area contributed by atoms with E-state index in [2.05, 4.69) is 5.32 Å². The number of nitrogens with one attached hydrogen (secondary N) is 3. The third-order valence-electron chi connectivity index (χ3n) is 2.11. The molecule has 0 aliphatic heterocycles. The van der Waals surface area contributed by atoms with Crippen LogP contribution in [-0.2, 0) is 19.6 Å². The molecule has 0 saturated carbocycles. The quantitative estimate of drug-likeness (QED) is 0.550. The van der Waals surface area contributed by atoms with E-state index in [0.717, 1.165) is 6.07 Å². The van der Waals surface area contributed by atoms with E-state index in [-0.39, 0.29) is 21.0 Å². The molecule has 0 spiro atoms. The van der Waals surface area contributed by atoms with E-state index in [9.17, 15) is 18.0 Å². The minimum absolute atomic E-state index is 0.0761. The highest BCUT2D eigenvalue weighted by atomic mass is 35.5. The Kier molecular flexibility index (Phi) is 5.97. The summed E-state index contributed by atoms with van der Waals surface area (Å²) in [5, 5.41) is 2.39. The minimum Gasteiger partial charge on any atom is -0.346 e. The molecule has 21 heavy (non-hydrogen) atoms. The van der Waals surface area contributed by atoms with E-state index in [4.69, 9.17) is 23.2 Å². The van der Waals surface area contributed by atoms with Crippen LogP contribution in [0.15, 0.2) is 23.1 Å². The van der Waals surface area contributed by atoms with E-state index in [1.165, 1.54) is 12.1 Å². The zero-order chi connectivity index (χ0) is 16.2. The standard InChI is InChI=1S/C11H13Cl2N3O4S/c1-6(2)14-10(17)11(18)15-16-21(19,20)9-5-7(12)3-4-8(9)13/h3-6,16H,1-2H3,(H,14,17)(H,15,18). The molecule has 0 aliphatic rings. The zero-order valence-electron chi connectivity index (χ0n) is 11.1. The maximum absolute atomic E-state index is 12.0. The Morgan fingerprint density at radius 3 is 2.33 bits per heavy atom. The first-order valence-corrected chi connectivity index (χ1v) is 7.95. The molecule has 0 heterocycles. The van der Waals surface area contributed by atoms with Gasteiger partial charge in [-0.25, -0.2) is 8.42 Å². The first-order valence-electron chi connectivity index (χ1n) is 5.71. The number of amides is 2. The van der Waals surface area contributed by atoms with Gasteiger partial charge < -0.3 is 5.32 Å². The fourth-order valence-corrected chi connectivity index (χ4v) is 2.84. The second kappa shape index (κ2) is 7.08. The van der Waals surface area contributed by atoms with E-state index in [1.54, 1.807) is 24.1 Å². The van der Waals surface area contributed by atoms with Crippen LogP contribution in [0.2, 0.25) is 10.0 Å². The normalized spacial score (nSPS) is 11.3. The van der Waals surface area contributed by atoms with Crippen LogP contribution in [0.3, 0.4) is 0 Å². The predicted octanol–water partition coefficient (Wildman–Crippen LogP) is 0.828. The van der Waals surface area contributed by atoms with Gasteiger partial charge in [0.05, 0.1) is 5.02 Å². The van der Waals surface area contributed by atoms with Gasteiger partial charge in [-0.15, -0.1) is 4.83 Å².